The number of hydrogen-bond acceptors (Lipinski definition) is 28. The largest absolute Gasteiger partial charge is 0.493 e. The zero-order valence-corrected chi connectivity index (χ0v) is 80.9. The summed E-state index contributed by atoms with van der Waals surface area (Å²) in [6.45, 7) is 21.0. The van der Waals surface area contributed by atoms with E-state index in [9.17, 15) is 28.8 Å². The molecule has 0 aliphatic carbocycles. The van der Waals surface area contributed by atoms with Crippen molar-refractivity contribution in [2.75, 3.05) is 160 Å². The number of likely N-dealkylation sites (N-methyl/N-ethyl adjacent to an activating group) is 2. The van der Waals surface area contributed by atoms with Crippen LogP contribution in [0, 0.1) is 23.7 Å². The van der Waals surface area contributed by atoms with Crippen LogP contribution in [-0.4, -0.2) is 229 Å². The van der Waals surface area contributed by atoms with Gasteiger partial charge >= 0.3 is 0 Å². The number of rotatable bonds is 66. The molecule has 5 aromatic carbocycles. The first kappa shape index (κ1) is 113. The van der Waals surface area contributed by atoms with Crippen molar-refractivity contribution in [2.45, 2.75) is 184 Å². The smallest absolute Gasteiger partial charge is 0.273 e. The Morgan fingerprint density at radius 1 is 0.224 bits per heavy atom. The molecule has 0 aliphatic heterocycles. The number of nitrogens with one attached hydrogen (secondary N) is 10. The minimum atomic E-state index is -1.04. The number of ether oxygens (including phenoxy) is 10. The molecule has 5 aromatic rings. The van der Waals surface area contributed by atoms with Gasteiger partial charge in [0.15, 0.2) is 0 Å². The van der Waals surface area contributed by atoms with Crippen LogP contribution in [0.25, 0.3) is 0 Å². The number of hydrazine groups is 4. The second-order valence-electron chi connectivity index (χ2n) is 34.6. The van der Waals surface area contributed by atoms with E-state index in [0.29, 0.717) is 155 Å². The van der Waals surface area contributed by atoms with Gasteiger partial charge in [0.2, 0.25) is 0 Å². The zero-order valence-electron chi connectivity index (χ0n) is 80.9. The minimum absolute atomic E-state index is 0.0109. The lowest BCUT2D eigenvalue weighted by atomic mass is 10.1. The number of amides is 10. The second-order valence-corrected chi connectivity index (χ2v) is 34.6. The molecule has 0 radical (unpaired) electrons. The van der Waals surface area contributed by atoms with E-state index < -0.39 is 59.1 Å². The van der Waals surface area contributed by atoms with E-state index >= 15 is 19.2 Å². The van der Waals surface area contributed by atoms with Crippen LogP contribution in [0.1, 0.15) is 287 Å². The Bertz CT molecular complexity index is 4440. The maximum absolute atomic E-state index is 15.1. The van der Waals surface area contributed by atoms with Crippen LogP contribution in [0.4, 0.5) is 0 Å². The summed E-state index contributed by atoms with van der Waals surface area (Å²) < 4.78 is 62.6. The molecule has 5 rings (SSSR count). The van der Waals surface area contributed by atoms with Crippen molar-refractivity contribution >= 4 is 59.1 Å². The third-order valence-electron chi connectivity index (χ3n) is 20.6. The Kier molecular flexibility index (Phi) is 53.6. The summed E-state index contributed by atoms with van der Waals surface area (Å²) in [4.78, 5) is 151. The number of carbonyl (C=O) groups excluding carboxylic acids is 10. The zero-order chi connectivity index (χ0) is 98.3. The molecule has 38 nitrogen and oxygen atoms in total. The van der Waals surface area contributed by atoms with E-state index in [-0.39, 0.29) is 216 Å². The minimum Gasteiger partial charge on any atom is -0.493 e. The third-order valence-corrected chi connectivity index (χ3v) is 20.6. The molecule has 10 amide bonds. The molecular formula is C96H152N18O20. The Morgan fingerprint density at radius 2 is 0.373 bits per heavy atom. The number of unbranched alkanes of at least 4 members (excludes halogenated alkanes) is 10. The predicted octanol–water partition coefficient (Wildman–Crippen LogP) is 8.53. The third kappa shape index (κ3) is 41.1. The highest BCUT2D eigenvalue weighted by molar-refractivity contribution is 6.10. The van der Waals surface area contributed by atoms with E-state index in [1.165, 1.54) is 54.6 Å². The van der Waals surface area contributed by atoms with Crippen LogP contribution < -0.4 is 136 Å². The average molecular weight is 1880 g/mol. The summed E-state index contributed by atoms with van der Waals surface area (Å²) >= 11 is 0. The van der Waals surface area contributed by atoms with Crippen LogP contribution >= 0.6 is 0 Å². The molecule has 0 atom stereocenters. The van der Waals surface area contributed by atoms with Crippen molar-refractivity contribution in [3.63, 3.8) is 0 Å². The molecule has 0 saturated carbocycles. The molecule has 0 saturated heterocycles. The van der Waals surface area contributed by atoms with Crippen LogP contribution in [0.2, 0.25) is 0 Å². The molecule has 746 valence electrons. The van der Waals surface area contributed by atoms with Gasteiger partial charge in [0.05, 0.1) is 122 Å². The fourth-order valence-corrected chi connectivity index (χ4v) is 12.6. The standard InChI is InChI=1S/C96H152N18O20/c1-63(2)29-49-131-83-61-85(133-51-31-65(5)6)75(56-73(83)93(121)109-105-89(117)69-53-67(87(115)103-39-41-113(9)10)77(125-43-23-13-17-33-97)58-79(69)126-44-24-14-18-34-98)95(123)111-107-91(119)71-55-72(82(128-46-26-16-20-36-100)60-81(71)127-45-25-15-19-35-99)92(120)108-112-96(124)76-57-74(84(132-50-30-64(3)4)62-86(76)134-52-32-66(7)8)94(122)110-106-90(118)70-54-68(88(116)104-40-42-114(11)12)78(129-47-27-21-37-101)59-80(70)130-48-28-22-38-102/h53-66H,13-52,97-102H2,1-12H3,(H,103,115)(H,104,116)(H,105,117)(H,106,118)(H,107,119)(H,108,120)(H,109,121)(H,110,122)(H,111,123)(H,112,124). The number of hydrogen-bond donors (Lipinski definition) is 16. The van der Waals surface area contributed by atoms with Gasteiger partial charge < -0.3 is 102 Å². The highest BCUT2D eigenvalue weighted by atomic mass is 16.5. The molecule has 0 heterocycles. The van der Waals surface area contributed by atoms with Gasteiger partial charge in [-0.1, -0.05) is 55.4 Å². The number of nitrogens with zero attached hydrogens (tertiary/aromatic N) is 2. The average Bonchev–Trinajstić information content (AvgIpc) is 0.810. The van der Waals surface area contributed by atoms with Gasteiger partial charge in [-0.3, -0.25) is 91.4 Å². The number of carbonyl (C=O) groups is 10. The molecule has 0 spiro atoms. The fourth-order valence-electron chi connectivity index (χ4n) is 12.6. The summed E-state index contributed by atoms with van der Waals surface area (Å²) in [6.07, 6.45) is 12.1. The first-order valence-corrected chi connectivity index (χ1v) is 47.1. The Morgan fingerprint density at radius 3 is 0.530 bits per heavy atom. The van der Waals surface area contributed by atoms with Crippen molar-refractivity contribution in [2.24, 2.45) is 58.1 Å². The van der Waals surface area contributed by atoms with Crippen molar-refractivity contribution in [1.82, 2.24) is 63.8 Å². The summed E-state index contributed by atoms with van der Waals surface area (Å²) in [5.41, 5.74) is 52.5. The molecule has 0 aromatic heterocycles. The first-order valence-electron chi connectivity index (χ1n) is 47.1. The van der Waals surface area contributed by atoms with Gasteiger partial charge in [-0.05, 0) is 250 Å². The normalized spacial score (nSPS) is 11.2. The lowest BCUT2D eigenvalue weighted by Crippen LogP contribution is -2.43. The summed E-state index contributed by atoms with van der Waals surface area (Å²) in [6, 6.07) is 13.1. The Hall–Kier alpha value is -11.5. The summed E-state index contributed by atoms with van der Waals surface area (Å²) in [7, 11) is 7.42. The molecule has 0 aliphatic rings. The Balaban J connectivity index is 1.62. The van der Waals surface area contributed by atoms with Gasteiger partial charge in [-0.25, -0.2) is 0 Å². The summed E-state index contributed by atoms with van der Waals surface area (Å²) in [5, 5.41) is 5.77. The van der Waals surface area contributed by atoms with E-state index in [2.05, 4.69) is 54.0 Å². The molecule has 0 bridgehead atoms. The van der Waals surface area contributed by atoms with E-state index in [4.69, 9.17) is 81.8 Å². The number of benzene rings is 5. The molecule has 38 heteroatoms. The maximum Gasteiger partial charge on any atom is 0.273 e. The quantitative estimate of drug-likeness (QED) is 0.0128. The van der Waals surface area contributed by atoms with E-state index in [1.807, 2.05) is 93.4 Å². The number of nitrogens with two attached hydrogens (primary N) is 6. The van der Waals surface area contributed by atoms with Crippen molar-refractivity contribution in [3.8, 4) is 57.5 Å². The van der Waals surface area contributed by atoms with Gasteiger partial charge in [-0.2, -0.15) is 0 Å². The lowest BCUT2D eigenvalue weighted by Gasteiger charge is -2.20. The van der Waals surface area contributed by atoms with E-state index in [1.54, 1.807) is 0 Å². The second kappa shape index (κ2) is 63.6. The van der Waals surface area contributed by atoms with Crippen LogP contribution in [0.15, 0.2) is 60.7 Å². The molecule has 0 unspecified atom stereocenters. The van der Waals surface area contributed by atoms with Gasteiger partial charge in [0.25, 0.3) is 59.1 Å². The van der Waals surface area contributed by atoms with Gasteiger partial charge in [0, 0.05) is 56.5 Å². The van der Waals surface area contributed by atoms with Gasteiger partial charge in [-0.15, -0.1) is 0 Å². The topological polar surface area (TPSA) is 546 Å². The predicted molar refractivity (Wildman–Crippen MR) is 515 cm³/mol. The van der Waals surface area contributed by atoms with Gasteiger partial charge in [0.1, 0.15) is 57.5 Å². The van der Waals surface area contributed by atoms with Crippen molar-refractivity contribution < 1.29 is 95.3 Å². The maximum atomic E-state index is 15.1. The monoisotopic (exact) mass is 1880 g/mol. The first-order chi connectivity index (χ1) is 64.4. The van der Waals surface area contributed by atoms with Crippen LogP contribution in [0.3, 0.4) is 0 Å². The van der Waals surface area contributed by atoms with Crippen molar-refractivity contribution in [1.29, 1.82) is 0 Å². The SMILES string of the molecule is CC(C)CCOc1cc(OCCC(C)C)c(C(=O)NNC(=O)c2cc(C(=O)NNC(=O)c3cc(C(=O)NNC(=O)c4cc(C(=O)NCCN(C)C)c(OCCCCCN)cc4OCCCCCN)c(OCCC(C)C)cc3OCCC(C)C)c(OCCCCCN)cc2OCCCCCN)cc1C(=O)NNC(=O)c1cc(C(=O)NCCN(C)C)c(OCCCCN)cc1OCCCCN. The molecular weight excluding hydrogens is 1730 g/mol. The molecule has 22 N–H and O–H groups in total. The molecule has 134 heavy (non-hydrogen) atoms. The fraction of sp³-hybridized carbons (Fsp3) is 0.583. The highest BCUT2D eigenvalue weighted by Gasteiger charge is 2.31. The highest BCUT2D eigenvalue weighted by Crippen LogP contribution is 2.37. The lowest BCUT2D eigenvalue weighted by molar-refractivity contribution is 0.0833. The Labute approximate surface area is 789 Å². The van der Waals surface area contributed by atoms with Crippen LogP contribution in [0.5, 0.6) is 57.5 Å². The van der Waals surface area contributed by atoms with Crippen LogP contribution in [-0.2, 0) is 0 Å². The summed E-state index contributed by atoms with van der Waals surface area (Å²) in [5.74, 6) is -8.45. The van der Waals surface area contributed by atoms with Crippen molar-refractivity contribution in [3.05, 3.63) is 116 Å². The molecule has 0 fully saturated rings. The van der Waals surface area contributed by atoms with E-state index in [0.717, 1.165) is 31.7 Å².